The number of carbonyl (C=O) groups excluding carboxylic acids is 1. The number of nitrogens with zero attached hydrogens (tertiary/aromatic N) is 1. The second-order valence-corrected chi connectivity index (χ2v) is 6.34. The molecule has 1 saturated heterocycles. The van der Waals surface area contributed by atoms with E-state index in [1.807, 2.05) is 30.0 Å². The molecule has 1 atom stereocenters. The van der Waals surface area contributed by atoms with Crippen LogP contribution >= 0.6 is 0 Å². The van der Waals surface area contributed by atoms with Crippen molar-refractivity contribution in [3.8, 4) is 0 Å². The number of amides is 1. The van der Waals surface area contributed by atoms with Crippen LogP contribution in [0.4, 0.5) is 0 Å². The molecule has 112 valence electrons. The maximum atomic E-state index is 13.0. The van der Waals surface area contributed by atoms with E-state index in [-0.39, 0.29) is 23.8 Å². The Kier molecular flexibility index (Phi) is 3.47. The van der Waals surface area contributed by atoms with Gasteiger partial charge in [-0.1, -0.05) is 29.8 Å². The van der Waals surface area contributed by atoms with Gasteiger partial charge in [-0.3, -0.25) is 9.59 Å². The summed E-state index contributed by atoms with van der Waals surface area (Å²) in [7, 11) is 0. The van der Waals surface area contributed by atoms with Crippen LogP contribution in [0.15, 0.2) is 24.3 Å². The first-order valence-electron chi connectivity index (χ1n) is 7.63. The van der Waals surface area contributed by atoms with Crippen LogP contribution in [0.3, 0.4) is 0 Å². The molecule has 4 nitrogen and oxygen atoms in total. The van der Waals surface area contributed by atoms with Gasteiger partial charge in [-0.05, 0) is 38.2 Å². The quantitative estimate of drug-likeness (QED) is 0.925. The molecule has 2 fully saturated rings. The molecule has 2 aliphatic rings. The molecule has 1 aliphatic carbocycles. The molecule has 0 spiro atoms. The molecule has 1 amide bonds. The van der Waals surface area contributed by atoms with E-state index in [9.17, 15) is 9.59 Å². The van der Waals surface area contributed by atoms with Gasteiger partial charge in [-0.15, -0.1) is 0 Å². The van der Waals surface area contributed by atoms with Gasteiger partial charge in [0.25, 0.3) is 0 Å². The van der Waals surface area contributed by atoms with Crippen LogP contribution in [-0.2, 0) is 15.0 Å². The zero-order valence-corrected chi connectivity index (χ0v) is 12.3. The smallest absolute Gasteiger partial charge is 0.305 e. The Morgan fingerprint density at radius 1 is 1.38 bits per heavy atom. The van der Waals surface area contributed by atoms with Gasteiger partial charge in [0, 0.05) is 12.6 Å². The minimum absolute atomic E-state index is 0.0651. The lowest BCUT2D eigenvalue weighted by Gasteiger charge is -2.28. The molecule has 1 N–H and O–H groups in total. The molecule has 1 unspecified atom stereocenters. The van der Waals surface area contributed by atoms with Gasteiger partial charge >= 0.3 is 5.97 Å². The molecule has 0 aromatic heterocycles. The van der Waals surface area contributed by atoms with Crippen LogP contribution in [0.2, 0.25) is 0 Å². The second-order valence-electron chi connectivity index (χ2n) is 6.34. The number of carbonyl (C=O) groups is 2. The minimum atomic E-state index is -0.819. The highest BCUT2D eigenvalue weighted by Gasteiger charge is 2.54. The third-order valence-electron chi connectivity index (χ3n) is 4.78. The van der Waals surface area contributed by atoms with Crippen LogP contribution in [0.5, 0.6) is 0 Å². The van der Waals surface area contributed by atoms with E-state index in [0.717, 1.165) is 36.8 Å². The number of carboxylic acids is 1. The van der Waals surface area contributed by atoms with E-state index in [0.29, 0.717) is 6.54 Å². The van der Waals surface area contributed by atoms with Crippen LogP contribution in [0.25, 0.3) is 0 Å². The predicted octanol–water partition coefficient (Wildman–Crippen LogP) is 2.49. The number of rotatable bonds is 4. The Bertz CT molecular complexity index is 577. The Morgan fingerprint density at radius 3 is 2.76 bits per heavy atom. The highest BCUT2D eigenvalue weighted by Crippen LogP contribution is 2.50. The van der Waals surface area contributed by atoms with Crippen molar-refractivity contribution >= 4 is 11.9 Å². The zero-order valence-electron chi connectivity index (χ0n) is 12.3. The fourth-order valence-electron chi connectivity index (χ4n) is 3.49. The van der Waals surface area contributed by atoms with Gasteiger partial charge in [0.2, 0.25) is 5.91 Å². The van der Waals surface area contributed by atoms with E-state index >= 15 is 0 Å². The molecule has 4 heteroatoms. The minimum Gasteiger partial charge on any atom is -0.481 e. The van der Waals surface area contributed by atoms with Crippen LogP contribution in [0, 0.1) is 6.92 Å². The summed E-state index contributed by atoms with van der Waals surface area (Å²) in [6, 6.07) is 8.02. The summed E-state index contributed by atoms with van der Waals surface area (Å²) >= 11 is 0. The van der Waals surface area contributed by atoms with Crippen LogP contribution < -0.4 is 0 Å². The molecular weight excluding hydrogens is 266 g/mol. The number of carboxylic acid groups (broad SMARTS) is 1. The van der Waals surface area contributed by atoms with Gasteiger partial charge in [0.05, 0.1) is 11.8 Å². The molecule has 0 bridgehead atoms. The van der Waals surface area contributed by atoms with Gasteiger partial charge in [-0.25, -0.2) is 0 Å². The fraction of sp³-hybridized carbons (Fsp3) is 0.529. The lowest BCUT2D eigenvalue weighted by atomic mass is 9.92. The van der Waals surface area contributed by atoms with E-state index in [4.69, 9.17) is 5.11 Å². The van der Waals surface area contributed by atoms with Crippen molar-refractivity contribution in [3.63, 3.8) is 0 Å². The normalized spacial score (nSPS) is 23.1. The van der Waals surface area contributed by atoms with Crippen molar-refractivity contribution in [2.45, 2.75) is 50.5 Å². The number of aryl methyl sites for hydroxylation is 1. The summed E-state index contributed by atoms with van der Waals surface area (Å²) in [5, 5.41) is 9.01. The molecule has 1 aromatic rings. The molecule has 3 rings (SSSR count). The monoisotopic (exact) mass is 287 g/mol. The zero-order chi connectivity index (χ0) is 15.0. The first-order chi connectivity index (χ1) is 10.0. The average Bonchev–Trinajstić information content (AvgIpc) is 3.13. The third kappa shape index (κ3) is 2.55. The van der Waals surface area contributed by atoms with E-state index in [2.05, 4.69) is 6.07 Å². The Morgan fingerprint density at radius 2 is 2.14 bits per heavy atom. The molecule has 0 radical (unpaired) electrons. The lowest BCUT2D eigenvalue weighted by molar-refractivity contribution is -0.140. The first-order valence-corrected chi connectivity index (χ1v) is 7.63. The summed E-state index contributed by atoms with van der Waals surface area (Å²) in [6.45, 7) is 2.73. The number of aliphatic carboxylic acids is 1. The second kappa shape index (κ2) is 5.17. The number of hydrogen-bond donors (Lipinski definition) is 1. The van der Waals surface area contributed by atoms with Crippen molar-refractivity contribution in [3.05, 3.63) is 35.4 Å². The Labute approximate surface area is 124 Å². The van der Waals surface area contributed by atoms with Gasteiger partial charge in [0.15, 0.2) is 0 Å². The fourth-order valence-corrected chi connectivity index (χ4v) is 3.49. The van der Waals surface area contributed by atoms with Crippen LogP contribution in [0.1, 0.15) is 43.2 Å². The van der Waals surface area contributed by atoms with Crippen molar-refractivity contribution in [1.29, 1.82) is 0 Å². The highest BCUT2D eigenvalue weighted by molar-refractivity contribution is 5.92. The molecule has 1 aliphatic heterocycles. The maximum absolute atomic E-state index is 13.0. The molecule has 1 saturated carbocycles. The topological polar surface area (TPSA) is 57.6 Å². The van der Waals surface area contributed by atoms with Crippen molar-refractivity contribution in [2.75, 3.05) is 6.54 Å². The number of benzene rings is 1. The summed E-state index contributed by atoms with van der Waals surface area (Å²) in [5.41, 5.74) is 1.87. The van der Waals surface area contributed by atoms with Crippen molar-refractivity contribution < 1.29 is 14.7 Å². The Balaban J connectivity index is 1.83. The summed E-state index contributed by atoms with van der Waals surface area (Å²) in [5.74, 6) is -0.683. The van der Waals surface area contributed by atoms with Gasteiger partial charge in [0.1, 0.15) is 0 Å². The molecule has 21 heavy (non-hydrogen) atoms. The van der Waals surface area contributed by atoms with Crippen LogP contribution in [-0.4, -0.2) is 34.5 Å². The van der Waals surface area contributed by atoms with E-state index in [1.165, 1.54) is 0 Å². The largest absolute Gasteiger partial charge is 0.481 e. The third-order valence-corrected chi connectivity index (χ3v) is 4.78. The number of likely N-dealkylation sites (tertiary alicyclic amines) is 1. The first kappa shape index (κ1) is 14.1. The van der Waals surface area contributed by atoms with E-state index < -0.39 is 5.97 Å². The summed E-state index contributed by atoms with van der Waals surface area (Å²) in [4.78, 5) is 25.8. The van der Waals surface area contributed by atoms with Gasteiger partial charge in [-0.2, -0.15) is 0 Å². The van der Waals surface area contributed by atoms with Crippen molar-refractivity contribution in [1.82, 2.24) is 4.90 Å². The summed E-state index contributed by atoms with van der Waals surface area (Å²) < 4.78 is 0. The molecule has 1 aromatic carbocycles. The molecule has 1 heterocycles. The predicted molar refractivity (Wildman–Crippen MR) is 79.1 cm³/mol. The highest BCUT2D eigenvalue weighted by atomic mass is 16.4. The SMILES string of the molecule is Cc1cccc(C2(C(=O)N3CCCC3CC(=O)O)CC2)c1. The number of hydrogen-bond acceptors (Lipinski definition) is 2. The lowest BCUT2D eigenvalue weighted by Crippen LogP contribution is -2.43. The summed E-state index contributed by atoms with van der Waals surface area (Å²) in [6.07, 6.45) is 3.54. The molecular formula is C17H21NO3. The van der Waals surface area contributed by atoms with Crippen molar-refractivity contribution in [2.24, 2.45) is 0 Å². The van der Waals surface area contributed by atoms with Gasteiger partial charge < -0.3 is 10.0 Å². The maximum Gasteiger partial charge on any atom is 0.305 e. The standard InChI is InChI=1S/C17H21NO3/c1-12-4-2-5-13(10-12)17(7-8-17)16(21)18-9-3-6-14(18)11-15(19)20/h2,4-5,10,14H,3,6-9,11H2,1H3,(H,19,20). The Hall–Kier alpha value is -1.84. The average molecular weight is 287 g/mol. The van der Waals surface area contributed by atoms with E-state index in [1.54, 1.807) is 0 Å².